The standard InChI is InChI=1S/C14H14ClN3O/c15-11-3-12(13-4-16-8-18(13)7-11)17-5-9-1-2-10(6-17)14(9)19/h3-4,7-10H,1-2,5-6H2/t9-,10?/m0/s1. The Hall–Kier alpha value is -1.55. The predicted octanol–water partition coefficient (Wildman–Crippen LogP) is 2.40. The van der Waals surface area contributed by atoms with Crippen LogP contribution in [0.2, 0.25) is 5.02 Å². The van der Waals surface area contributed by atoms with Crippen LogP contribution in [0.4, 0.5) is 5.69 Å². The van der Waals surface area contributed by atoms with E-state index in [2.05, 4.69) is 9.88 Å². The van der Waals surface area contributed by atoms with E-state index >= 15 is 0 Å². The van der Waals surface area contributed by atoms with Gasteiger partial charge in [-0.3, -0.25) is 4.79 Å². The summed E-state index contributed by atoms with van der Waals surface area (Å²) >= 11 is 6.17. The highest BCUT2D eigenvalue weighted by atomic mass is 35.5. The van der Waals surface area contributed by atoms with Crippen molar-refractivity contribution in [3.63, 3.8) is 0 Å². The zero-order valence-corrected chi connectivity index (χ0v) is 11.2. The molecule has 4 rings (SSSR count). The van der Waals surface area contributed by atoms with Crippen molar-refractivity contribution < 1.29 is 4.79 Å². The highest BCUT2D eigenvalue weighted by Crippen LogP contribution is 2.37. The fraction of sp³-hybridized carbons (Fsp3) is 0.429. The summed E-state index contributed by atoms with van der Waals surface area (Å²) in [5.74, 6) is 0.879. The minimum atomic E-state index is 0.209. The number of halogens is 1. The molecule has 1 saturated carbocycles. The van der Waals surface area contributed by atoms with E-state index in [1.165, 1.54) is 0 Å². The van der Waals surface area contributed by atoms with Gasteiger partial charge < -0.3 is 9.30 Å². The summed E-state index contributed by atoms with van der Waals surface area (Å²) in [7, 11) is 0. The van der Waals surface area contributed by atoms with Crippen molar-refractivity contribution in [3.05, 3.63) is 29.8 Å². The van der Waals surface area contributed by atoms with Crippen LogP contribution < -0.4 is 4.90 Å². The van der Waals surface area contributed by atoms with Crippen LogP contribution in [0.25, 0.3) is 5.52 Å². The predicted molar refractivity (Wildman–Crippen MR) is 73.6 cm³/mol. The molecule has 3 heterocycles. The van der Waals surface area contributed by atoms with Gasteiger partial charge >= 0.3 is 0 Å². The first kappa shape index (κ1) is 11.3. The second kappa shape index (κ2) is 3.97. The van der Waals surface area contributed by atoms with Gasteiger partial charge in [0.15, 0.2) is 0 Å². The van der Waals surface area contributed by atoms with Crippen LogP contribution in [0.1, 0.15) is 12.8 Å². The minimum Gasteiger partial charge on any atom is -0.368 e. The molecule has 0 amide bonds. The van der Waals surface area contributed by atoms with E-state index in [-0.39, 0.29) is 11.8 Å². The largest absolute Gasteiger partial charge is 0.368 e. The lowest BCUT2D eigenvalue weighted by Crippen LogP contribution is -2.42. The molecule has 0 N–H and O–H groups in total. The topological polar surface area (TPSA) is 37.6 Å². The van der Waals surface area contributed by atoms with E-state index in [9.17, 15) is 4.79 Å². The Kier molecular flexibility index (Phi) is 2.36. The van der Waals surface area contributed by atoms with Crippen LogP contribution in [0.5, 0.6) is 0 Å². The third-order valence-corrected chi connectivity index (χ3v) is 4.56. The summed E-state index contributed by atoms with van der Waals surface area (Å²) in [6.07, 6.45) is 7.54. The van der Waals surface area contributed by atoms with E-state index in [4.69, 9.17) is 11.6 Å². The second-order valence-electron chi connectivity index (χ2n) is 5.51. The molecule has 1 saturated heterocycles. The van der Waals surface area contributed by atoms with Gasteiger partial charge in [0.2, 0.25) is 0 Å². The van der Waals surface area contributed by atoms with Gasteiger partial charge in [-0.15, -0.1) is 0 Å². The molecule has 4 nitrogen and oxygen atoms in total. The maximum Gasteiger partial charge on any atom is 0.142 e. The highest BCUT2D eigenvalue weighted by Gasteiger charge is 2.41. The molecule has 2 bridgehead atoms. The third-order valence-electron chi connectivity index (χ3n) is 4.36. The summed E-state index contributed by atoms with van der Waals surface area (Å²) < 4.78 is 1.94. The maximum absolute atomic E-state index is 12.0. The van der Waals surface area contributed by atoms with E-state index in [0.29, 0.717) is 10.8 Å². The molecule has 2 atom stereocenters. The van der Waals surface area contributed by atoms with Gasteiger partial charge in [0.1, 0.15) is 5.78 Å². The summed E-state index contributed by atoms with van der Waals surface area (Å²) in [5.41, 5.74) is 2.15. The van der Waals surface area contributed by atoms with E-state index < -0.39 is 0 Å². The number of aromatic nitrogens is 2. The lowest BCUT2D eigenvalue weighted by Gasteiger charge is -2.33. The number of hydrogen-bond acceptors (Lipinski definition) is 3. The average Bonchev–Trinajstić information content (AvgIpc) is 2.90. The molecule has 1 aliphatic carbocycles. The van der Waals surface area contributed by atoms with E-state index in [1.807, 2.05) is 22.9 Å². The molecule has 5 heteroatoms. The first-order valence-corrected chi connectivity index (χ1v) is 7.00. The maximum atomic E-state index is 12.0. The van der Waals surface area contributed by atoms with Gasteiger partial charge in [0.25, 0.3) is 0 Å². The van der Waals surface area contributed by atoms with Gasteiger partial charge in [-0.05, 0) is 18.9 Å². The number of nitrogens with zero attached hydrogens (tertiary/aromatic N) is 3. The summed E-state index contributed by atoms with van der Waals surface area (Å²) in [6, 6.07) is 1.98. The Balaban J connectivity index is 1.79. The number of imidazole rings is 1. The zero-order valence-electron chi connectivity index (χ0n) is 10.4. The Morgan fingerprint density at radius 1 is 1.26 bits per heavy atom. The van der Waals surface area contributed by atoms with Gasteiger partial charge in [-0.25, -0.2) is 4.98 Å². The van der Waals surface area contributed by atoms with Crippen molar-refractivity contribution in [2.45, 2.75) is 12.8 Å². The molecule has 2 aromatic heterocycles. The monoisotopic (exact) mass is 275 g/mol. The Bertz CT molecular complexity index is 650. The third kappa shape index (κ3) is 1.66. The molecule has 1 aliphatic heterocycles. The highest BCUT2D eigenvalue weighted by molar-refractivity contribution is 6.30. The fourth-order valence-corrected chi connectivity index (χ4v) is 3.63. The smallest absolute Gasteiger partial charge is 0.142 e. The quantitative estimate of drug-likeness (QED) is 0.802. The van der Waals surface area contributed by atoms with Crippen molar-refractivity contribution in [1.29, 1.82) is 0 Å². The van der Waals surface area contributed by atoms with E-state index in [1.54, 1.807) is 6.33 Å². The number of ketones is 1. The number of carbonyl (C=O) groups excluding carboxylic acids is 1. The number of anilines is 1. The molecule has 2 aromatic rings. The molecule has 2 aliphatic rings. The van der Waals surface area contributed by atoms with Crippen LogP contribution in [0, 0.1) is 11.8 Å². The Morgan fingerprint density at radius 3 is 2.74 bits per heavy atom. The molecule has 0 radical (unpaired) electrons. The molecular weight excluding hydrogens is 262 g/mol. The first-order chi connectivity index (χ1) is 9.22. The van der Waals surface area contributed by atoms with Gasteiger partial charge in [-0.1, -0.05) is 11.6 Å². The van der Waals surface area contributed by atoms with Crippen LogP contribution in [0.15, 0.2) is 24.8 Å². The number of rotatable bonds is 1. The summed E-state index contributed by atoms with van der Waals surface area (Å²) in [6.45, 7) is 1.63. The van der Waals surface area contributed by atoms with Crippen molar-refractivity contribution in [2.24, 2.45) is 11.8 Å². The SMILES string of the molecule is O=C1C2CC[C@H]1CN(c1cc(Cl)cn3cncc13)C2. The normalized spacial score (nSPS) is 26.4. The summed E-state index contributed by atoms with van der Waals surface area (Å²) in [4.78, 5) is 18.5. The molecule has 0 spiro atoms. The van der Waals surface area contributed by atoms with Gasteiger partial charge in [0, 0.05) is 31.1 Å². The first-order valence-electron chi connectivity index (χ1n) is 6.62. The number of pyridine rings is 1. The zero-order chi connectivity index (χ0) is 13.0. The van der Waals surface area contributed by atoms with Crippen molar-refractivity contribution in [1.82, 2.24) is 9.38 Å². The number of fused-ring (bicyclic) bond motifs is 3. The Morgan fingerprint density at radius 2 is 2.00 bits per heavy atom. The van der Waals surface area contributed by atoms with Crippen LogP contribution >= 0.6 is 11.6 Å². The minimum absolute atomic E-state index is 0.209. The molecule has 19 heavy (non-hydrogen) atoms. The molecule has 98 valence electrons. The number of hydrogen-bond donors (Lipinski definition) is 0. The van der Waals surface area contributed by atoms with Crippen LogP contribution in [-0.4, -0.2) is 28.3 Å². The van der Waals surface area contributed by atoms with Crippen molar-refractivity contribution in [2.75, 3.05) is 18.0 Å². The van der Waals surface area contributed by atoms with Crippen LogP contribution in [0.3, 0.4) is 0 Å². The van der Waals surface area contributed by atoms with Gasteiger partial charge in [0.05, 0.1) is 28.8 Å². The molecule has 2 fully saturated rings. The lowest BCUT2D eigenvalue weighted by molar-refractivity contribution is -0.124. The molecule has 0 aromatic carbocycles. The number of Topliss-reactive ketones (excluding diaryl/α,β-unsaturated/α-hetero) is 1. The average molecular weight is 276 g/mol. The van der Waals surface area contributed by atoms with Gasteiger partial charge in [-0.2, -0.15) is 0 Å². The number of piperidine rings is 1. The lowest BCUT2D eigenvalue weighted by atomic mass is 9.96. The Labute approximate surface area is 116 Å². The summed E-state index contributed by atoms with van der Waals surface area (Å²) in [5, 5.41) is 0.699. The number of carbonyl (C=O) groups is 1. The van der Waals surface area contributed by atoms with Crippen LogP contribution in [-0.2, 0) is 4.79 Å². The van der Waals surface area contributed by atoms with E-state index in [0.717, 1.165) is 37.1 Å². The molecule has 1 unspecified atom stereocenters. The molecular formula is C14H14ClN3O. The van der Waals surface area contributed by atoms with Crippen molar-refractivity contribution in [3.8, 4) is 0 Å². The second-order valence-corrected chi connectivity index (χ2v) is 5.94. The van der Waals surface area contributed by atoms with Crippen molar-refractivity contribution >= 4 is 28.6 Å². The fourth-order valence-electron chi connectivity index (χ4n) is 3.42.